The minimum Gasteiger partial charge on any atom is -0.463 e. The van der Waals surface area contributed by atoms with Gasteiger partial charge in [-0.2, -0.15) is 4.57 Å². The molecule has 3 atom stereocenters. The number of aryl methyl sites for hydroxylation is 1. The second-order valence-electron chi connectivity index (χ2n) is 7.69. The van der Waals surface area contributed by atoms with E-state index in [1.54, 1.807) is 12.1 Å². The number of halogens is 1. The highest BCUT2D eigenvalue weighted by Gasteiger charge is 2.40. The van der Waals surface area contributed by atoms with E-state index in [0.29, 0.717) is 4.57 Å². The van der Waals surface area contributed by atoms with Crippen molar-refractivity contribution in [3.63, 3.8) is 0 Å². The molecule has 1 fully saturated rings. The number of benzene rings is 1. The number of esters is 2. The van der Waals surface area contributed by atoms with E-state index in [4.69, 9.17) is 14.2 Å². The topological polar surface area (TPSA) is 123 Å². The van der Waals surface area contributed by atoms with Crippen LogP contribution in [0.1, 0.15) is 48.0 Å². The van der Waals surface area contributed by atoms with Crippen molar-refractivity contribution in [2.45, 2.75) is 45.6 Å². The average Bonchev–Trinajstić information content (AvgIpc) is 3.16. The van der Waals surface area contributed by atoms with Crippen LogP contribution < -0.4 is 11.2 Å². The van der Waals surface area contributed by atoms with Crippen molar-refractivity contribution in [2.75, 3.05) is 6.61 Å². The fourth-order valence-corrected chi connectivity index (χ4v) is 3.54. The molecule has 3 rings (SSSR count). The molecule has 0 unspecified atom stereocenters. The van der Waals surface area contributed by atoms with Crippen molar-refractivity contribution >= 4 is 23.9 Å². The zero-order valence-electron chi connectivity index (χ0n) is 18.7. The second kappa shape index (κ2) is 10.4. The Balaban J connectivity index is 2.07. The van der Waals surface area contributed by atoms with Gasteiger partial charge in [0.2, 0.25) is 0 Å². The second-order valence-corrected chi connectivity index (χ2v) is 7.69. The van der Waals surface area contributed by atoms with E-state index < -0.39 is 47.5 Å². The third-order valence-corrected chi connectivity index (χ3v) is 5.14. The van der Waals surface area contributed by atoms with Gasteiger partial charge in [0.05, 0.1) is 11.9 Å². The molecule has 1 aromatic carbocycles. The van der Waals surface area contributed by atoms with Crippen LogP contribution in [0.2, 0.25) is 0 Å². The Morgan fingerprint density at radius 2 is 1.82 bits per heavy atom. The molecule has 0 radical (unpaired) electrons. The van der Waals surface area contributed by atoms with Gasteiger partial charge < -0.3 is 14.2 Å². The molecule has 1 saturated heterocycles. The fraction of sp³-hybridized carbons (Fsp3) is 0.348. The van der Waals surface area contributed by atoms with Crippen LogP contribution in [0.15, 0.2) is 46.4 Å². The highest BCUT2D eigenvalue weighted by Crippen LogP contribution is 2.30. The van der Waals surface area contributed by atoms with Gasteiger partial charge in [-0.05, 0) is 25.1 Å². The molecule has 2 heterocycles. The van der Waals surface area contributed by atoms with E-state index in [1.165, 1.54) is 26.0 Å². The Morgan fingerprint density at radius 1 is 1.15 bits per heavy atom. The number of carbonyl (C=O) groups excluding carboxylic acids is 3. The summed E-state index contributed by atoms with van der Waals surface area (Å²) in [5.41, 5.74) is -1.36. The van der Waals surface area contributed by atoms with Gasteiger partial charge in [-0.15, -0.1) is 0 Å². The molecule has 34 heavy (non-hydrogen) atoms. The molecule has 2 aromatic rings. The quantitative estimate of drug-likeness (QED) is 0.582. The first-order valence-corrected chi connectivity index (χ1v) is 10.3. The Morgan fingerprint density at radius 3 is 2.41 bits per heavy atom. The molecule has 11 heteroatoms. The van der Waals surface area contributed by atoms with Gasteiger partial charge in [0.25, 0.3) is 11.5 Å². The molecule has 0 spiro atoms. The van der Waals surface area contributed by atoms with Gasteiger partial charge >= 0.3 is 17.6 Å². The largest absolute Gasteiger partial charge is 0.463 e. The number of nitrogens with zero attached hydrogens (tertiary/aromatic N) is 2. The third-order valence-electron chi connectivity index (χ3n) is 5.14. The van der Waals surface area contributed by atoms with E-state index in [9.17, 15) is 28.4 Å². The molecule has 1 aliphatic heterocycles. The SMILES string of the molecule is CC(=O)OC[C@H]1O[C@@H](n2cc(/C=C\[18F])c(=O)n(C(=O)c3ccc(C)cc3)c2=O)C[C@@H]1OC(C)=O. The Kier molecular flexibility index (Phi) is 7.57. The van der Waals surface area contributed by atoms with Crippen LogP contribution in [0.5, 0.6) is 0 Å². The molecular formula is C23H23FN2O8. The summed E-state index contributed by atoms with van der Waals surface area (Å²) in [5, 5.41) is 0. The monoisotopic (exact) mass is 473 g/mol. The molecule has 10 nitrogen and oxygen atoms in total. The van der Waals surface area contributed by atoms with Gasteiger partial charge in [-0.3, -0.25) is 23.7 Å². The van der Waals surface area contributed by atoms with Crippen molar-refractivity contribution in [3.8, 4) is 0 Å². The van der Waals surface area contributed by atoms with Crippen LogP contribution in [0.3, 0.4) is 0 Å². The molecule has 1 aliphatic rings. The molecule has 0 bridgehead atoms. The van der Waals surface area contributed by atoms with Gasteiger partial charge in [-0.25, -0.2) is 9.18 Å². The maximum atomic E-state index is 13.2. The van der Waals surface area contributed by atoms with Crippen LogP contribution in [0.4, 0.5) is 4.39 Å². The lowest BCUT2D eigenvalue weighted by Gasteiger charge is -2.18. The Bertz CT molecular complexity index is 1250. The lowest BCUT2D eigenvalue weighted by molar-refractivity contribution is -0.155. The predicted molar refractivity (Wildman–Crippen MR) is 117 cm³/mol. The van der Waals surface area contributed by atoms with Crippen LogP contribution >= 0.6 is 0 Å². The first-order chi connectivity index (χ1) is 16.1. The molecule has 0 saturated carbocycles. The lowest BCUT2D eigenvalue weighted by atomic mass is 10.1. The molecule has 0 N–H and O–H groups in total. The van der Waals surface area contributed by atoms with Crippen molar-refractivity contribution in [1.82, 2.24) is 9.13 Å². The normalized spacial score (nSPS) is 19.8. The first-order valence-electron chi connectivity index (χ1n) is 10.3. The van der Waals surface area contributed by atoms with Crippen molar-refractivity contribution in [1.29, 1.82) is 0 Å². The smallest absolute Gasteiger partial charge is 0.340 e. The first kappa shape index (κ1) is 24.8. The molecular weight excluding hydrogens is 450 g/mol. The summed E-state index contributed by atoms with van der Waals surface area (Å²) >= 11 is 0. The van der Waals surface area contributed by atoms with E-state index in [-0.39, 0.29) is 30.5 Å². The van der Waals surface area contributed by atoms with E-state index in [1.807, 2.05) is 6.92 Å². The van der Waals surface area contributed by atoms with Gasteiger partial charge in [-0.1, -0.05) is 17.7 Å². The van der Waals surface area contributed by atoms with Crippen molar-refractivity contribution < 1.29 is 33.0 Å². The number of rotatable bonds is 6. The predicted octanol–water partition coefficient (Wildman–Crippen LogP) is 1.73. The van der Waals surface area contributed by atoms with Crippen LogP contribution in [-0.4, -0.2) is 45.8 Å². The third kappa shape index (κ3) is 5.37. The Hall–Kier alpha value is -3.86. The maximum absolute atomic E-state index is 13.2. The zero-order chi connectivity index (χ0) is 25.0. The summed E-state index contributed by atoms with van der Waals surface area (Å²) in [6.07, 6.45) is -0.939. The summed E-state index contributed by atoms with van der Waals surface area (Å²) < 4.78 is 30.3. The lowest BCUT2D eigenvalue weighted by Crippen LogP contribution is -2.45. The summed E-state index contributed by atoms with van der Waals surface area (Å²) in [6, 6.07) is 6.21. The van der Waals surface area contributed by atoms with E-state index in [2.05, 4.69) is 0 Å². The number of hydrogen-bond donors (Lipinski definition) is 0. The minimum absolute atomic E-state index is 0.0406. The van der Waals surface area contributed by atoms with Crippen molar-refractivity contribution in [3.05, 3.63) is 74.3 Å². The number of ether oxygens (including phenoxy) is 3. The number of hydrogen-bond acceptors (Lipinski definition) is 8. The average molecular weight is 473 g/mol. The highest BCUT2D eigenvalue weighted by molar-refractivity contribution is 5.95. The highest BCUT2D eigenvalue weighted by atomic mass is 18.2. The number of carbonyl (C=O) groups is 3. The van der Waals surface area contributed by atoms with Crippen molar-refractivity contribution in [2.24, 2.45) is 0 Å². The van der Waals surface area contributed by atoms with Gasteiger partial charge in [0.15, 0.2) is 0 Å². The molecule has 0 amide bonds. The maximum Gasteiger partial charge on any atom is 0.340 e. The van der Waals surface area contributed by atoms with Crippen LogP contribution in [-0.2, 0) is 23.8 Å². The van der Waals surface area contributed by atoms with E-state index >= 15 is 0 Å². The van der Waals surface area contributed by atoms with Gasteiger partial charge in [0.1, 0.15) is 25.0 Å². The Labute approximate surface area is 193 Å². The summed E-state index contributed by atoms with van der Waals surface area (Å²) in [4.78, 5) is 61.8. The minimum atomic E-state index is -1.10. The summed E-state index contributed by atoms with van der Waals surface area (Å²) in [6.45, 7) is 3.94. The fourth-order valence-electron chi connectivity index (χ4n) is 3.54. The number of aromatic nitrogens is 2. The van der Waals surface area contributed by atoms with Crippen LogP contribution in [0.25, 0.3) is 6.08 Å². The molecule has 1 aromatic heterocycles. The van der Waals surface area contributed by atoms with Gasteiger partial charge in [0, 0.05) is 32.0 Å². The zero-order valence-corrected chi connectivity index (χ0v) is 18.7. The summed E-state index contributed by atoms with van der Waals surface area (Å²) in [7, 11) is 0. The van der Waals surface area contributed by atoms with E-state index in [0.717, 1.165) is 22.4 Å². The summed E-state index contributed by atoms with van der Waals surface area (Å²) in [5.74, 6) is -2.10. The standard InChI is InChI=1S/C23H23FN2O8/c1-13-4-6-16(7-5-13)21(29)26-22(30)17(8-9-24)11-25(23(26)31)20-10-18(33-15(3)28)19(34-20)12-32-14(2)27/h4-9,11,18-20H,10,12H2,1-3H3/b9-8-/t18-,19+,20+/m0/s1/i24-1. The molecule has 0 aliphatic carbocycles. The van der Waals surface area contributed by atoms with Crippen LogP contribution in [0, 0.1) is 6.92 Å². The molecule has 180 valence electrons.